The number of rotatable bonds is 8. The molecule has 2 atom stereocenters. The molecule has 0 spiro atoms. The third-order valence-corrected chi connectivity index (χ3v) is 4.72. The molecule has 0 saturated heterocycles. The summed E-state index contributed by atoms with van der Waals surface area (Å²) in [7, 11) is 5.72. The van der Waals surface area contributed by atoms with E-state index in [1.807, 2.05) is 56.6 Å². The number of ether oxygens (including phenoxy) is 2. The number of hydrogen-bond acceptors (Lipinski definition) is 4. The summed E-state index contributed by atoms with van der Waals surface area (Å²) in [6, 6.07) is 15.4. The van der Waals surface area contributed by atoms with E-state index in [2.05, 4.69) is 30.1 Å². The van der Waals surface area contributed by atoms with E-state index in [1.165, 1.54) is 5.56 Å². The van der Waals surface area contributed by atoms with Gasteiger partial charge in [-0.1, -0.05) is 44.2 Å². The molecule has 0 aliphatic heterocycles. The fourth-order valence-electron chi connectivity index (χ4n) is 3.41. The van der Waals surface area contributed by atoms with Gasteiger partial charge in [0.25, 0.3) is 0 Å². The minimum Gasteiger partial charge on any atom is -0.495 e. The second-order valence-electron chi connectivity index (χ2n) is 6.87. The molecular formula is C22H30N2O3. The number of amides is 1. The summed E-state index contributed by atoms with van der Waals surface area (Å²) in [6.45, 7) is 4.62. The number of methoxy groups -OCH3 is 1. The number of anilines is 2. The lowest BCUT2D eigenvalue weighted by Gasteiger charge is -2.29. The zero-order valence-corrected chi connectivity index (χ0v) is 16.9. The highest BCUT2D eigenvalue weighted by molar-refractivity contribution is 5.84. The van der Waals surface area contributed by atoms with Crippen molar-refractivity contribution < 1.29 is 14.3 Å². The lowest BCUT2D eigenvalue weighted by atomic mass is 9.84. The Hall–Kier alpha value is -2.69. The van der Waals surface area contributed by atoms with E-state index in [4.69, 9.17) is 9.47 Å². The number of hydrogen-bond donors (Lipinski definition) is 1. The Labute approximate surface area is 162 Å². The quantitative estimate of drug-likeness (QED) is 0.699. The topological polar surface area (TPSA) is 50.8 Å². The van der Waals surface area contributed by atoms with Crippen LogP contribution in [0.5, 0.6) is 5.75 Å². The number of carbonyl (C=O) groups excluding carboxylic acids is 1. The highest BCUT2D eigenvalue weighted by atomic mass is 16.5. The maximum absolute atomic E-state index is 12.1. The minimum atomic E-state index is -0.429. The van der Waals surface area contributed by atoms with Crippen LogP contribution in [-0.2, 0) is 4.74 Å². The average Bonchev–Trinajstić information content (AvgIpc) is 2.67. The van der Waals surface area contributed by atoms with Crippen LogP contribution < -0.4 is 15.0 Å². The maximum atomic E-state index is 12.1. The highest BCUT2D eigenvalue weighted by Gasteiger charge is 2.24. The number of benzene rings is 2. The summed E-state index contributed by atoms with van der Waals surface area (Å²) in [5, 5.41) is 2.75. The van der Waals surface area contributed by atoms with Gasteiger partial charge in [-0.3, -0.25) is 5.32 Å². The van der Waals surface area contributed by atoms with Crippen molar-refractivity contribution in [1.82, 2.24) is 0 Å². The summed E-state index contributed by atoms with van der Waals surface area (Å²) in [4.78, 5) is 14.2. The molecule has 0 heterocycles. The van der Waals surface area contributed by atoms with Gasteiger partial charge in [-0.2, -0.15) is 0 Å². The molecular weight excluding hydrogens is 340 g/mol. The third kappa shape index (κ3) is 5.39. The lowest BCUT2D eigenvalue weighted by Crippen LogP contribution is -2.23. The number of nitrogens with zero attached hydrogens (tertiary/aromatic N) is 1. The Morgan fingerprint density at radius 3 is 2.41 bits per heavy atom. The van der Waals surface area contributed by atoms with Gasteiger partial charge in [0, 0.05) is 19.8 Å². The van der Waals surface area contributed by atoms with Crippen molar-refractivity contribution in [3.05, 3.63) is 54.1 Å². The van der Waals surface area contributed by atoms with Gasteiger partial charge in [-0.05, 0) is 42.0 Å². The van der Waals surface area contributed by atoms with Crippen molar-refractivity contribution in [2.45, 2.75) is 26.2 Å². The minimum absolute atomic E-state index is 0.169. The first-order valence-electron chi connectivity index (χ1n) is 9.30. The maximum Gasteiger partial charge on any atom is 0.411 e. The smallest absolute Gasteiger partial charge is 0.411 e. The standard InChI is InChI=1S/C22H30N2O3/c1-6-18(19-13-10-14-20(26-5)21(19)24(3)4)16(2)15-27-22(25)23-17-11-8-7-9-12-17/h7-14,16,18H,6,15H2,1-5H3,(H,23,25). The van der Waals surface area contributed by atoms with E-state index in [-0.39, 0.29) is 11.8 Å². The number of carbonyl (C=O) groups is 1. The fourth-order valence-corrected chi connectivity index (χ4v) is 3.41. The van der Waals surface area contributed by atoms with Crippen molar-refractivity contribution in [2.24, 2.45) is 5.92 Å². The zero-order chi connectivity index (χ0) is 19.8. The highest BCUT2D eigenvalue weighted by Crippen LogP contribution is 2.39. The molecule has 2 rings (SSSR count). The molecule has 0 bridgehead atoms. The van der Waals surface area contributed by atoms with Gasteiger partial charge in [0.1, 0.15) is 5.75 Å². The SMILES string of the molecule is CCC(c1cccc(OC)c1N(C)C)C(C)COC(=O)Nc1ccccc1. The Balaban J connectivity index is 2.08. The molecule has 1 N–H and O–H groups in total. The molecule has 0 aliphatic carbocycles. The van der Waals surface area contributed by atoms with Gasteiger partial charge in [-0.15, -0.1) is 0 Å². The molecule has 27 heavy (non-hydrogen) atoms. The average molecular weight is 370 g/mol. The lowest BCUT2D eigenvalue weighted by molar-refractivity contribution is 0.137. The summed E-state index contributed by atoms with van der Waals surface area (Å²) in [5.41, 5.74) is 3.01. The molecule has 5 nitrogen and oxygen atoms in total. The Morgan fingerprint density at radius 2 is 1.81 bits per heavy atom. The van der Waals surface area contributed by atoms with Crippen LogP contribution in [0.2, 0.25) is 0 Å². The predicted molar refractivity (Wildman–Crippen MR) is 111 cm³/mol. The van der Waals surface area contributed by atoms with Gasteiger partial charge < -0.3 is 14.4 Å². The van der Waals surface area contributed by atoms with E-state index >= 15 is 0 Å². The first-order chi connectivity index (χ1) is 13.0. The van der Waals surface area contributed by atoms with Crippen molar-refractivity contribution in [3.8, 4) is 5.75 Å². The first-order valence-corrected chi connectivity index (χ1v) is 9.30. The Kier molecular flexibility index (Phi) is 7.53. The molecule has 2 aromatic carbocycles. The monoisotopic (exact) mass is 370 g/mol. The molecule has 0 aliphatic rings. The van der Waals surface area contributed by atoms with Gasteiger partial charge in [-0.25, -0.2) is 4.79 Å². The largest absolute Gasteiger partial charge is 0.495 e. The molecule has 0 aromatic heterocycles. The molecule has 2 unspecified atom stereocenters. The van der Waals surface area contributed by atoms with Crippen LogP contribution in [0.4, 0.5) is 16.2 Å². The Bertz CT molecular complexity index is 732. The molecule has 2 aromatic rings. The third-order valence-electron chi connectivity index (χ3n) is 4.72. The summed E-state index contributed by atoms with van der Waals surface area (Å²) >= 11 is 0. The van der Waals surface area contributed by atoms with Crippen LogP contribution in [0.25, 0.3) is 0 Å². The zero-order valence-electron chi connectivity index (χ0n) is 16.9. The Morgan fingerprint density at radius 1 is 1.11 bits per heavy atom. The summed E-state index contributed by atoms with van der Waals surface area (Å²) in [6.07, 6.45) is 0.514. The summed E-state index contributed by atoms with van der Waals surface area (Å²) < 4.78 is 11.0. The molecule has 0 saturated carbocycles. The van der Waals surface area contributed by atoms with Crippen molar-refractivity contribution in [1.29, 1.82) is 0 Å². The van der Waals surface area contributed by atoms with Gasteiger partial charge in [0.05, 0.1) is 19.4 Å². The van der Waals surface area contributed by atoms with Crippen LogP contribution in [0.1, 0.15) is 31.7 Å². The second kappa shape index (κ2) is 9.86. The van der Waals surface area contributed by atoms with E-state index in [9.17, 15) is 4.79 Å². The van der Waals surface area contributed by atoms with E-state index in [0.717, 1.165) is 23.5 Å². The first kappa shape index (κ1) is 20.6. The molecule has 0 fully saturated rings. The van der Waals surface area contributed by atoms with Gasteiger partial charge in [0.15, 0.2) is 0 Å². The molecule has 146 valence electrons. The molecule has 5 heteroatoms. The number of para-hydroxylation sites is 2. The van der Waals surface area contributed by atoms with Crippen LogP contribution in [0.15, 0.2) is 48.5 Å². The predicted octanol–water partition coefficient (Wildman–Crippen LogP) is 5.14. The molecule has 0 radical (unpaired) electrons. The van der Waals surface area contributed by atoms with Crippen molar-refractivity contribution in [3.63, 3.8) is 0 Å². The number of nitrogens with one attached hydrogen (secondary N) is 1. The van der Waals surface area contributed by atoms with Crippen LogP contribution in [-0.4, -0.2) is 33.9 Å². The van der Waals surface area contributed by atoms with E-state index < -0.39 is 6.09 Å². The van der Waals surface area contributed by atoms with Crippen LogP contribution in [0.3, 0.4) is 0 Å². The van der Waals surface area contributed by atoms with Gasteiger partial charge >= 0.3 is 6.09 Å². The molecule has 1 amide bonds. The normalized spacial score (nSPS) is 12.8. The fraction of sp³-hybridized carbons (Fsp3) is 0.409. The second-order valence-corrected chi connectivity index (χ2v) is 6.87. The van der Waals surface area contributed by atoms with Crippen LogP contribution in [0, 0.1) is 5.92 Å². The van der Waals surface area contributed by atoms with Crippen molar-refractivity contribution in [2.75, 3.05) is 38.0 Å². The van der Waals surface area contributed by atoms with Crippen LogP contribution >= 0.6 is 0 Å². The van der Waals surface area contributed by atoms with Gasteiger partial charge in [0.2, 0.25) is 0 Å². The van der Waals surface area contributed by atoms with Crippen molar-refractivity contribution >= 4 is 17.5 Å². The van der Waals surface area contributed by atoms with E-state index in [1.54, 1.807) is 7.11 Å². The summed E-state index contributed by atoms with van der Waals surface area (Å²) in [5.74, 6) is 1.27. The van der Waals surface area contributed by atoms with E-state index in [0.29, 0.717) is 6.61 Å².